The molecule has 0 heterocycles. The molecule has 0 unspecified atom stereocenters. The average molecular weight is 292 g/mol. The number of benzene rings is 2. The lowest BCUT2D eigenvalue weighted by molar-refractivity contribution is 0.199. The fraction of sp³-hybridized carbons (Fsp3) is 0.250. The summed E-state index contributed by atoms with van der Waals surface area (Å²) in [5.74, 6) is 1.59. The molecule has 0 spiro atoms. The molecule has 0 aliphatic heterocycles. The van der Waals surface area contributed by atoms with Crippen molar-refractivity contribution in [2.75, 3.05) is 20.3 Å². The van der Waals surface area contributed by atoms with E-state index in [-0.39, 0.29) is 0 Å². The number of nitrogens with one attached hydrogen (secondary N) is 1. The number of rotatable bonds is 7. The van der Waals surface area contributed by atoms with Gasteiger partial charge in [0.2, 0.25) is 0 Å². The van der Waals surface area contributed by atoms with Crippen LogP contribution in [0.4, 0.5) is 0 Å². The second kappa shape index (κ2) is 7.90. The van der Waals surface area contributed by atoms with Gasteiger partial charge in [0.15, 0.2) is 0 Å². The van der Waals surface area contributed by atoms with Crippen LogP contribution in [0.25, 0.3) is 0 Å². The molecule has 106 valence electrons. The molecule has 4 heteroatoms. The Morgan fingerprint density at radius 2 is 1.55 bits per heavy atom. The Labute approximate surface area is 124 Å². The van der Waals surface area contributed by atoms with Crippen molar-refractivity contribution in [3.8, 4) is 11.5 Å². The SMILES string of the molecule is COCCNCc1ccc(Oc2ccc(Cl)cc2)cc1. The monoisotopic (exact) mass is 291 g/mol. The van der Waals surface area contributed by atoms with Crippen LogP contribution in [0.1, 0.15) is 5.56 Å². The topological polar surface area (TPSA) is 30.5 Å². The number of hydrogen-bond acceptors (Lipinski definition) is 3. The molecular weight excluding hydrogens is 274 g/mol. The van der Waals surface area contributed by atoms with Crippen LogP contribution >= 0.6 is 11.6 Å². The standard InChI is InChI=1S/C16H18ClNO2/c1-19-11-10-18-12-13-2-6-15(7-3-13)20-16-8-4-14(17)5-9-16/h2-9,18H,10-12H2,1H3. The summed E-state index contributed by atoms with van der Waals surface area (Å²) in [6.45, 7) is 2.39. The first kappa shape index (κ1) is 14.9. The van der Waals surface area contributed by atoms with Crippen LogP contribution in [-0.2, 0) is 11.3 Å². The van der Waals surface area contributed by atoms with Crippen LogP contribution in [0.5, 0.6) is 11.5 Å². The second-order valence-electron chi connectivity index (χ2n) is 4.37. The number of hydrogen-bond donors (Lipinski definition) is 1. The first-order valence-electron chi connectivity index (χ1n) is 6.50. The van der Waals surface area contributed by atoms with Gasteiger partial charge in [0.05, 0.1) is 6.61 Å². The maximum absolute atomic E-state index is 5.83. The van der Waals surface area contributed by atoms with E-state index in [1.54, 1.807) is 7.11 Å². The van der Waals surface area contributed by atoms with E-state index in [1.165, 1.54) is 5.56 Å². The molecule has 0 atom stereocenters. The van der Waals surface area contributed by atoms with Crippen LogP contribution in [0.15, 0.2) is 48.5 Å². The fourth-order valence-corrected chi connectivity index (χ4v) is 1.85. The molecule has 3 nitrogen and oxygen atoms in total. The number of methoxy groups -OCH3 is 1. The Balaban J connectivity index is 1.86. The number of ether oxygens (including phenoxy) is 2. The van der Waals surface area contributed by atoms with Crippen LogP contribution < -0.4 is 10.1 Å². The third-order valence-electron chi connectivity index (χ3n) is 2.78. The summed E-state index contributed by atoms with van der Waals surface area (Å²) in [6, 6.07) is 15.3. The zero-order valence-corrected chi connectivity index (χ0v) is 12.2. The summed E-state index contributed by atoms with van der Waals surface area (Å²) in [5.41, 5.74) is 1.21. The molecule has 2 aromatic rings. The van der Waals surface area contributed by atoms with E-state index in [2.05, 4.69) is 5.32 Å². The normalized spacial score (nSPS) is 10.5. The van der Waals surface area contributed by atoms with Crippen molar-refractivity contribution in [3.63, 3.8) is 0 Å². The molecule has 0 fully saturated rings. The van der Waals surface area contributed by atoms with Crippen molar-refractivity contribution in [2.24, 2.45) is 0 Å². The maximum atomic E-state index is 5.83. The quantitative estimate of drug-likeness (QED) is 0.786. The van der Waals surface area contributed by atoms with Crippen LogP contribution in [0.3, 0.4) is 0 Å². The van der Waals surface area contributed by atoms with Crippen molar-refractivity contribution in [3.05, 3.63) is 59.1 Å². The Hall–Kier alpha value is -1.55. The second-order valence-corrected chi connectivity index (χ2v) is 4.81. The van der Waals surface area contributed by atoms with Gasteiger partial charge in [-0.05, 0) is 42.0 Å². The number of halogens is 1. The molecule has 0 bridgehead atoms. The minimum atomic E-state index is 0.704. The highest BCUT2D eigenvalue weighted by Gasteiger charge is 1.98. The predicted octanol–water partition coefficient (Wildman–Crippen LogP) is 3.87. The third-order valence-corrected chi connectivity index (χ3v) is 3.04. The van der Waals surface area contributed by atoms with Crippen LogP contribution in [-0.4, -0.2) is 20.3 Å². The van der Waals surface area contributed by atoms with Gasteiger partial charge < -0.3 is 14.8 Å². The van der Waals surface area contributed by atoms with Crippen molar-refractivity contribution in [1.82, 2.24) is 5.32 Å². The fourth-order valence-electron chi connectivity index (χ4n) is 1.72. The lowest BCUT2D eigenvalue weighted by Gasteiger charge is -2.08. The Morgan fingerprint density at radius 3 is 2.15 bits per heavy atom. The zero-order chi connectivity index (χ0) is 14.2. The van der Waals surface area contributed by atoms with Crippen molar-refractivity contribution >= 4 is 11.6 Å². The molecule has 0 saturated heterocycles. The van der Waals surface area contributed by atoms with Gasteiger partial charge in [0.25, 0.3) is 0 Å². The van der Waals surface area contributed by atoms with Gasteiger partial charge in [0.1, 0.15) is 11.5 Å². The van der Waals surface area contributed by atoms with Gasteiger partial charge in [-0.3, -0.25) is 0 Å². The minimum Gasteiger partial charge on any atom is -0.457 e. The Morgan fingerprint density at radius 1 is 0.950 bits per heavy atom. The van der Waals surface area contributed by atoms with Crippen molar-refractivity contribution in [1.29, 1.82) is 0 Å². The third kappa shape index (κ3) is 4.85. The molecule has 1 N–H and O–H groups in total. The van der Waals surface area contributed by atoms with E-state index >= 15 is 0 Å². The van der Waals surface area contributed by atoms with Gasteiger partial charge in [0, 0.05) is 25.2 Å². The van der Waals surface area contributed by atoms with Gasteiger partial charge >= 0.3 is 0 Å². The first-order valence-corrected chi connectivity index (χ1v) is 6.88. The van der Waals surface area contributed by atoms with E-state index < -0.39 is 0 Å². The molecule has 0 aliphatic rings. The van der Waals surface area contributed by atoms with E-state index in [9.17, 15) is 0 Å². The largest absolute Gasteiger partial charge is 0.457 e. The van der Waals surface area contributed by atoms with Gasteiger partial charge in [-0.25, -0.2) is 0 Å². The van der Waals surface area contributed by atoms with Crippen molar-refractivity contribution in [2.45, 2.75) is 6.54 Å². The lowest BCUT2D eigenvalue weighted by atomic mass is 10.2. The van der Waals surface area contributed by atoms with E-state index in [0.29, 0.717) is 5.02 Å². The summed E-state index contributed by atoms with van der Waals surface area (Å²) in [7, 11) is 1.70. The summed E-state index contributed by atoms with van der Waals surface area (Å²) < 4.78 is 10.7. The average Bonchev–Trinajstić information content (AvgIpc) is 2.48. The summed E-state index contributed by atoms with van der Waals surface area (Å²) in [4.78, 5) is 0. The van der Waals surface area contributed by atoms with E-state index in [0.717, 1.165) is 31.2 Å². The Kier molecular flexibility index (Phi) is 5.87. The van der Waals surface area contributed by atoms with Crippen molar-refractivity contribution < 1.29 is 9.47 Å². The van der Waals surface area contributed by atoms with E-state index in [4.69, 9.17) is 21.1 Å². The van der Waals surface area contributed by atoms with Gasteiger partial charge in [-0.2, -0.15) is 0 Å². The predicted molar refractivity (Wildman–Crippen MR) is 81.6 cm³/mol. The highest BCUT2D eigenvalue weighted by Crippen LogP contribution is 2.23. The molecule has 0 aliphatic carbocycles. The van der Waals surface area contributed by atoms with Crippen LogP contribution in [0, 0.1) is 0 Å². The molecule has 20 heavy (non-hydrogen) atoms. The van der Waals surface area contributed by atoms with Gasteiger partial charge in [-0.15, -0.1) is 0 Å². The first-order chi connectivity index (χ1) is 9.78. The molecule has 0 amide bonds. The zero-order valence-electron chi connectivity index (χ0n) is 11.4. The summed E-state index contributed by atoms with van der Waals surface area (Å²) in [6.07, 6.45) is 0. The molecular formula is C16H18ClNO2. The van der Waals surface area contributed by atoms with E-state index in [1.807, 2.05) is 48.5 Å². The molecule has 0 aromatic heterocycles. The van der Waals surface area contributed by atoms with Gasteiger partial charge in [-0.1, -0.05) is 23.7 Å². The lowest BCUT2D eigenvalue weighted by Crippen LogP contribution is -2.18. The highest BCUT2D eigenvalue weighted by molar-refractivity contribution is 6.30. The molecule has 2 aromatic carbocycles. The molecule has 0 saturated carbocycles. The maximum Gasteiger partial charge on any atom is 0.127 e. The summed E-state index contributed by atoms with van der Waals surface area (Å²) >= 11 is 5.83. The minimum absolute atomic E-state index is 0.704. The Bertz CT molecular complexity index is 511. The van der Waals surface area contributed by atoms with Crippen LogP contribution in [0.2, 0.25) is 5.02 Å². The molecule has 2 rings (SSSR count). The molecule has 0 radical (unpaired) electrons. The smallest absolute Gasteiger partial charge is 0.127 e. The summed E-state index contributed by atoms with van der Waals surface area (Å²) in [5, 5.41) is 4.00. The highest BCUT2D eigenvalue weighted by atomic mass is 35.5.